The summed E-state index contributed by atoms with van der Waals surface area (Å²) in [4.78, 5) is 20.8. The molecule has 4 aromatic rings. The lowest BCUT2D eigenvalue weighted by molar-refractivity contribution is 0.0696. The molecule has 0 bridgehead atoms. The Kier molecular flexibility index (Phi) is 5.04. The Bertz CT molecular complexity index is 1290. The Balaban J connectivity index is 2.11. The summed E-state index contributed by atoms with van der Waals surface area (Å²) >= 11 is 0. The van der Waals surface area contributed by atoms with E-state index in [4.69, 9.17) is 9.47 Å². The molecule has 2 aromatic carbocycles. The van der Waals surface area contributed by atoms with Gasteiger partial charge in [0.1, 0.15) is 12.7 Å². The molecule has 0 aliphatic carbocycles. The Morgan fingerprint density at radius 1 is 1.06 bits per heavy atom. The minimum absolute atomic E-state index is 0.0585. The molecule has 2 heterocycles. The molecule has 0 atom stereocenters. The van der Waals surface area contributed by atoms with Crippen LogP contribution in [0.3, 0.4) is 0 Å². The zero-order valence-corrected chi connectivity index (χ0v) is 16.6. The molecule has 0 saturated heterocycles. The van der Waals surface area contributed by atoms with Gasteiger partial charge in [-0.15, -0.1) is 0 Å². The highest BCUT2D eigenvalue weighted by Crippen LogP contribution is 2.41. The Labute approximate surface area is 176 Å². The lowest BCUT2D eigenvalue weighted by Crippen LogP contribution is -2.12. The van der Waals surface area contributed by atoms with Crippen molar-refractivity contribution in [3.8, 4) is 34.1 Å². The van der Waals surface area contributed by atoms with Crippen molar-refractivity contribution in [2.45, 2.75) is 6.54 Å². The van der Waals surface area contributed by atoms with Crippen LogP contribution in [-0.2, 0) is 6.54 Å². The van der Waals surface area contributed by atoms with Gasteiger partial charge in [-0.3, -0.25) is 0 Å². The molecule has 3 N–H and O–H groups in total. The molecule has 0 amide bonds. The molecule has 0 spiro atoms. The van der Waals surface area contributed by atoms with E-state index in [0.29, 0.717) is 33.5 Å². The van der Waals surface area contributed by atoms with Crippen LogP contribution in [0.5, 0.6) is 23.0 Å². The maximum Gasteiger partial charge on any atom is 0.338 e. The molecule has 4 rings (SSSR count). The predicted molar refractivity (Wildman–Crippen MR) is 110 cm³/mol. The number of aromatic carboxylic acids is 1. The van der Waals surface area contributed by atoms with Gasteiger partial charge in [0.05, 0.1) is 37.5 Å². The summed E-state index contributed by atoms with van der Waals surface area (Å²) in [5, 5.41) is 34.4. The van der Waals surface area contributed by atoms with Gasteiger partial charge >= 0.3 is 5.97 Å². The first-order chi connectivity index (χ1) is 14.9. The van der Waals surface area contributed by atoms with Crippen LogP contribution in [0, 0.1) is 0 Å². The third-order valence-corrected chi connectivity index (χ3v) is 4.82. The number of rotatable bonds is 6. The molecular weight excluding hydrogens is 404 g/mol. The molecule has 10 nitrogen and oxygen atoms in total. The largest absolute Gasteiger partial charge is 0.504 e. The normalized spacial score (nSPS) is 10.9. The third kappa shape index (κ3) is 3.54. The van der Waals surface area contributed by atoms with Crippen molar-refractivity contribution in [3.05, 3.63) is 54.2 Å². The van der Waals surface area contributed by atoms with Gasteiger partial charge in [0.2, 0.25) is 0 Å². The van der Waals surface area contributed by atoms with Gasteiger partial charge in [0.25, 0.3) is 0 Å². The fourth-order valence-corrected chi connectivity index (χ4v) is 3.43. The van der Waals surface area contributed by atoms with E-state index in [1.165, 1.54) is 49.8 Å². The van der Waals surface area contributed by atoms with Gasteiger partial charge in [-0.05, 0) is 23.8 Å². The topological polar surface area (TPSA) is 140 Å². The minimum atomic E-state index is -1.21. The number of methoxy groups -OCH3 is 2. The summed E-state index contributed by atoms with van der Waals surface area (Å²) in [5.74, 6) is -1.08. The summed E-state index contributed by atoms with van der Waals surface area (Å²) in [5.41, 5.74) is 1.32. The van der Waals surface area contributed by atoms with E-state index in [9.17, 15) is 20.1 Å². The Morgan fingerprint density at radius 3 is 2.42 bits per heavy atom. The van der Waals surface area contributed by atoms with Crippen molar-refractivity contribution in [3.63, 3.8) is 0 Å². The van der Waals surface area contributed by atoms with Gasteiger partial charge in [-0.1, -0.05) is 6.07 Å². The van der Waals surface area contributed by atoms with E-state index < -0.39 is 5.97 Å². The van der Waals surface area contributed by atoms with Gasteiger partial charge < -0.3 is 24.8 Å². The predicted octanol–water partition coefficient (Wildman–Crippen LogP) is 2.67. The summed E-state index contributed by atoms with van der Waals surface area (Å²) in [6.45, 7) is 0.0585. The zero-order chi connectivity index (χ0) is 22.1. The molecule has 0 aliphatic heterocycles. The van der Waals surface area contributed by atoms with E-state index in [-0.39, 0.29) is 29.3 Å². The molecule has 0 radical (unpaired) electrons. The van der Waals surface area contributed by atoms with Gasteiger partial charge in [-0.25, -0.2) is 19.4 Å². The summed E-state index contributed by atoms with van der Waals surface area (Å²) in [6, 6.07) is 7.39. The van der Waals surface area contributed by atoms with Crippen molar-refractivity contribution in [2.75, 3.05) is 14.2 Å². The fraction of sp³-hybridized carbons (Fsp3) is 0.143. The van der Waals surface area contributed by atoms with Crippen LogP contribution in [0.25, 0.3) is 22.0 Å². The van der Waals surface area contributed by atoms with Crippen LogP contribution < -0.4 is 9.47 Å². The van der Waals surface area contributed by atoms with Crippen molar-refractivity contribution >= 4 is 16.9 Å². The molecule has 0 fully saturated rings. The van der Waals surface area contributed by atoms with Gasteiger partial charge in [0, 0.05) is 17.0 Å². The highest BCUT2D eigenvalue weighted by atomic mass is 16.5. The van der Waals surface area contributed by atoms with E-state index in [1.807, 2.05) is 0 Å². The number of carboxylic acids is 1. The first kappa shape index (κ1) is 20.0. The number of fused-ring (bicyclic) bond motifs is 1. The maximum atomic E-state index is 12.4. The van der Waals surface area contributed by atoms with Crippen molar-refractivity contribution in [2.24, 2.45) is 0 Å². The summed E-state index contributed by atoms with van der Waals surface area (Å²) in [7, 11) is 2.96. The molecule has 0 saturated carbocycles. The maximum absolute atomic E-state index is 12.4. The van der Waals surface area contributed by atoms with E-state index in [1.54, 1.807) is 12.1 Å². The van der Waals surface area contributed by atoms with Crippen molar-refractivity contribution in [1.29, 1.82) is 0 Å². The number of carboxylic acid groups (broad SMARTS) is 1. The second-order valence-corrected chi connectivity index (χ2v) is 6.63. The molecule has 0 aliphatic rings. The smallest absolute Gasteiger partial charge is 0.338 e. The van der Waals surface area contributed by atoms with Crippen LogP contribution in [0.4, 0.5) is 0 Å². The standard InChI is InChI=1S/C21H18N4O6/c1-30-17-6-12-13(7-18(17)31-2)24-14(8-25-10-22-9-23-25)20(21(28)29)19(12)11-3-4-15(26)16(27)5-11/h3-7,9-10,26-27H,8H2,1-2H3,(H,28,29). The third-order valence-electron chi connectivity index (χ3n) is 4.82. The van der Waals surface area contributed by atoms with Crippen molar-refractivity contribution < 1.29 is 29.6 Å². The fourth-order valence-electron chi connectivity index (χ4n) is 3.43. The number of phenolic OH excluding ortho intramolecular Hbond substituents is 2. The van der Waals surface area contributed by atoms with Crippen LogP contribution in [0.2, 0.25) is 0 Å². The quantitative estimate of drug-likeness (QED) is 0.400. The Hall–Kier alpha value is -4.34. The first-order valence-electron chi connectivity index (χ1n) is 9.09. The van der Waals surface area contributed by atoms with Crippen LogP contribution in [0.15, 0.2) is 43.0 Å². The van der Waals surface area contributed by atoms with Crippen LogP contribution in [-0.4, -0.2) is 55.3 Å². The molecule has 0 unspecified atom stereocenters. The molecule has 31 heavy (non-hydrogen) atoms. The number of hydrogen-bond acceptors (Lipinski definition) is 8. The lowest BCUT2D eigenvalue weighted by atomic mass is 9.93. The van der Waals surface area contributed by atoms with Gasteiger partial charge in [0.15, 0.2) is 23.0 Å². The van der Waals surface area contributed by atoms with E-state index in [2.05, 4.69) is 15.1 Å². The van der Waals surface area contributed by atoms with Crippen LogP contribution in [0.1, 0.15) is 16.1 Å². The number of nitrogens with zero attached hydrogens (tertiary/aromatic N) is 4. The SMILES string of the molecule is COc1cc2nc(Cn3cncn3)c(C(=O)O)c(-c3ccc(O)c(O)c3)c2cc1OC. The number of benzene rings is 2. The number of phenols is 2. The first-order valence-corrected chi connectivity index (χ1v) is 9.09. The minimum Gasteiger partial charge on any atom is -0.504 e. The van der Waals surface area contributed by atoms with Crippen LogP contribution >= 0.6 is 0 Å². The Morgan fingerprint density at radius 2 is 1.81 bits per heavy atom. The highest BCUT2D eigenvalue weighted by Gasteiger charge is 2.24. The molecular formula is C21H18N4O6. The van der Waals surface area contributed by atoms with E-state index >= 15 is 0 Å². The average Bonchev–Trinajstić information content (AvgIpc) is 3.26. The van der Waals surface area contributed by atoms with E-state index in [0.717, 1.165) is 0 Å². The second-order valence-electron chi connectivity index (χ2n) is 6.63. The number of ether oxygens (including phenoxy) is 2. The summed E-state index contributed by atoms with van der Waals surface area (Å²) < 4.78 is 12.2. The average molecular weight is 422 g/mol. The highest BCUT2D eigenvalue weighted by molar-refractivity contribution is 6.08. The monoisotopic (exact) mass is 422 g/mol. The van der Waals surface area contributed by atoms with Crippen molar-refractivity contribution in [1.82, 2.24) is 19.7 Å². The number of aromatic nitrogens is 4. The molecule has 2 aromatic heterocycles. The summed E-state index contributed by atoms with van der Waals surface area (Å²) in [6.07, 6.45) is 2.80. The number of carbonyl (C=O) groups is 1. The molecule has 158 valence electrons. The van der Waals surface area contributed by atoms with Gasteiger partial charge in [-0.2, -0.15) is 5.10 Å². The zero-order valence-electron chi connectivity index (χ0n) is 16.6. The second kappa shape index (κ2) is 7.82. The lowest BCUT2D eigenvalue weighted by Gasteiger charge is -2.17. The number of pyridine rings is 1. The number of aromatic hydroxyl groups is 2. The molecule has 10 heteroatoms. The number of hydrogen-bond donors (Lipinski definition) is 3.